The molecule has 0 aliphatic carbocycles. The van der Waals surface area contributed by atoms with Crippen molar-refractivity contribution in [3.63, 3.8) is 0 Å². The number of carbonyl (C=O) groups is 1. The summed E-state index contributed by atoms with van der Waals surface area (Å²) in [6.07, 6.45) is 0. The molecule has 11 heavy (non-hydrogen) atoms. The Labute approximate surface area is 65.5 Å². The lowest BCUT2D eigenvalue weighted by Crippen LogP contribution is -2.30. The fraction of sp³-hybridized carbons (Fsp3) is 0.800. The summed E-state index contributed by atoms with van der Waals surface area (Å²) in [4.78, 5) is 10.6. The van der Waals surface area contributed by atoms with Crippen LogP contribution in [0, 0.1) is 0 Å². The first-order valence-corrected chi connectivity index (χ1v) is 4.87. The molecule has 0 rings (SSSR count). The molecule has 0 saturated carbocycles. The average Bonchev–Trinajstić information content (AvgIpc) is 1.87. The van der Waals surface area contributed by atoms with E-state index in [1.165, 1.54) is 6.92 Å². The van der Waals surface area contributed by atoms with Gasteiger partial charge in [0.2, 0.25) is 0 Å². The Kier molecular flexibility index (Phi) is 3.47. The molecule has 0 atom stereocenters. The number of hydroxylamine groups is 2. The molecule has 0 spiro atoms. The second kappa shape index (κ2) is 3.68. The first kappa shape index (κ1) is 10.4. The number of amides is 1. The highest BCUT2D eigenvalue weighted by atomic mass is 32.2. The Morgan fingerprint density at radius 3 is 2.27 bits per heavy atom. The zero-order valence-electron chi connectivity index (χ0n) is 6.44. The molecule has 1 amide bonds. The zero-order valence-corrected chi connectivity index (χ0v) is 7.26. The molecule has 0 fully saturated rings. The van der Waals surface area contributed by atoms with E-state index in [4.69, 9.17) is 5.21 Å². The Morgan fingerprint density at radius 2 is 2.00 bits per heavy atom. The third-order valence-electron chi connectivity index (χ3n) is 1.14. The Hall–Kier alpha value is -0.620. The normalized spacial score (nSPS) is 11.2. The molecule has 0 aliphatic rings. The molecule has 0 unspecified atom stereocenters. The van der Waals surface area contributed by atoms with Crippen LogP contribution < -0.4 is 0 Å². The minimum absolute atomic E-state index is 0.0907. The third kappa shape index (κ3) is 3.94. The molecule has 0 aromatic carbocycles. The van der Waals surface area contributed by atoms with Crippen LogP contribution in [0.25, 0.3) is 0 Å². The monoisotopic (exact) mass is 181 g/mol. The van der Waals surface area contributed by atoms with Gasteiger partial charge in [-0.05, 0) is 0 Å². The lowest BCUT2D eigenvalue weighted by molar-refractivity contribution is -0.156. The second-order valence-electron chi connectivity index (χ2n) is 2.09. The molecule has 0 radical (unpaired) electrons. The van der Waals surface area contributed by atoms with Gasteiger partial charge in [-0.1, -0.05) is 6.92 Å². The predicted molar refractivity (Wildman–Crippen MR) is 38.9 cm³/mol. The molecule has 66 valence electrons. The molecule has 0 saturated heterocycles. The maximum Gasteiger partial charge on any atom is 0.260 e. The van der Waals surface area contributed by atoms with E-state index in [1.54, 1.807) is 0 Å². The van der Waals surface area contributed by atoms with Crippen molar-refractivity contribution in [1.82, 2.24) is 5.06 Å². The van der Waals surface area contributed by atoms with Gasteiger partial charge >= 0.3 is 0 Å². The Balaban J connectivity index is 4.17. The molecule has 0 aliphatic heterocycles. The molecular formula is C5H11NO4S. The second-order valence-corrected chi connectivity index (χ2v) is 4.45. The molecule has 0 bridgehead atoms. The molecule has 0 aromatic rings. The Morgan fingerprint density at radius 1 is 1.55 bits per heavy atom. The van der Waals surface area contributed by atoms with Crippen molar-refractivity contribution in [2.75, 3.05) is 18.6 Å². The van der Waals surface area contributed by atoms with Crippen molar-refractivity contribution < 1.29 is 18.4 Å². The van der Waals surface area contributed by atoms with E-state index in [2.05, 4.69) is 0 Å². The van der Waals surface area contributed by atoms with Crippen molar-refractivity contribution >= 4 is 15.7 Å². The van der Waals surface area contributed by atoms with Crippen LogP contribution in [-0.4, -0.2) is 43.1 Å². The van der Waals surface area contributed by atoms with Gasteiger partial charge in [-0.3, -0.25) is 10.0 Å². The SMILES string of the molecule is CCS(=O)(=O)CC(=O)N(C)O. The van der Waals surface area contributed by atoms with Gasteiger partial charge in [0.05, 0.1) is 0 Å². The van der Waals surface area contributed by atoms with Crippen LogP contribution >= 0.6 is 0 Å². The summed E-state index contributed by atoms with van der Waals surface area (Å²) in [6, 6.07) is 0. The summed E-state index contributed by atoms with van der Waals surface area (Å²) in [6.45, 7) is 1.44. The van der Waals surface area contributed by atoms with Crippen molar-refractivity contribution in [3.8, 4) is 0 Å². The average molecular weight is 181 g/mol. The Bertz CT molecular complexity index is 231. The summed E-state index contributed by atoms with van der Waals surface area (Å²) >= 11 is 0. The van der Waals surface area contributed by atoms with Crippen molar-refractivity contribution in [2.24, 2.45) is 0 Å². The number of rotatable bonds is 3. The smallest absolute Gasteiger partial charge is 0.260 e. The van der Waals surface area contributed by atoms with Crippen LogP contribution in [0.2, 0.25) is 0 Å². The van der Waals surface area contributed by atoms with Crippen molar-refractivity contribution in [1.29, 1.82) is 0 Å². The molecule has 5 nitrogen and oxygen atoms in total. The first-order valence-electron chi connectivity index (χ1n) is 3.05. The van der Waals surface area contributed by atoms with Gasteiger partial charge in [-0.2, -0.15) is 0 Å². The lowest BCUT2D eigenvalue weighted by Gasteiger charge is -2.06. The van der Waals surface area contributed by atoms with Crippen molar-refractivity contribution in [2.45, 2.75) is 6.92 Å². The minimum Gasteiger partial charge on any atom is -0.286 e. The van der Waals surface area contributed by atoms with Gasteiger partial charge in [0.25, 0.3) is 5.91 Å². The van der Waals surface area contributed by atoms with E-state index >= 15 is 0 Å². The number of hydrogen-bond acceptors (Lipinski definition) is 4. The zero-order chi connectivity index (χ0) is 9.07. The topological polar surface area (TPSA) is 74.7 Å². The number of sulfone groups is 1. The van der Waals surface area contributed by atoms with Gasteiger partial charge in [0.15, 0.2) is 9.84 Å². The van der Waals surface area contributed by atoms with Crippen LogP contribution in [0.4, 0.5) is 0 Å². The minimum atomic E-state index is -3.31. The fourth-order valence-electron chi connectivity index (χ4n) is 0.384. The van der Waals surface area contributed by atoms with E-state index in [0.717, 1.165) is 7.05 Å². The van der Waals surface area contributed by atoms with E-state index in [1.807, 2.05) is 0 Å². The molecule has 1 N–H and O–H groups in total. The maximum atomic E-state index is 10.8. The van der Waals surface area contributed by atoms with Gasteiger partial charge in [0, 0.05) is 12.8 Å². The van der Waals surface area contributed by atoms with E-state index < -0.39 is 21.5 Å². The summed E-state index contributed by atoms with van der Waals surface area (Å²) in [5, 5.41) is 8.77. The van der Waals surface area contributed by atoms with E-state index in [-0.39, 0.29) is 10.8 Å². The third-order valence-corrected chi connectivity index (χ3v) is 2.71. The van der Waals surface area contributed by atoms with Gasteiger partial charge in [0.1, 0.15) is 5.75 Å². The summed E-state index contributed by atoms with van der Waals surface area (Å²) in [5.74, 6) is -1.53. The molecular weight excluding hydrogens is 170 g/mol. The highest BCUT2D eigenvalue weighted by Gasteiger charge is 2.16. The summed E-state index contributed by atoms with van der Waals surface area (Å²) in [7, 11) is -2.22. The highest BCUT2D eigenvalue weighted by Crippen LogP contribution is 1.91. The van der Waals surface area contributed by atoms with Gasteiger partial charge in [-0.25, -0.2) is 13.5 Å². The van der Waals surface area contributed by atoms with Crippen LogP contribution in [0.15, 0.2) is 0 Å². The summed E-state index contributed by atoms with van der Waals surface area (Å²) in [5.41, 5.74) is 0. The fourth-order valence-corrected chi connectivity index (χ4v) is 1.15. The summed E-state index contributed by atoms with van der Waals surface area (Å²) < 4.78 is 21.5. The molecule has 0 aromatic heterocycles. The molecule has 6 heteroatoms. The molecule has 0 heterocycles. The van der Waals surface area contributed by atoms with Crippen LogP contribution in [0.3, 0.4) is 0 Å². The first-order chi connectivity index (χ1) is 4.89. The van der Waals surface area contributed by atoms with Crippen LogP contribution in [-0.2, 0) is 14.6 Å². The van der Waals surface area contributed by atoms with Gasteiger partial charge < -0.3 is 0 Å². The van der Waals surface area contributed by atoms with Crippen LogP contribution in [0.5, 0.6) is 0 Å². The largest absolute Gasteiger partial charge is 0.286 e. The maximum absolute atomic E-state index is 10.8. The van der Waals surface area contributed by atoms with E-state index in [0.29, 0.717) is 0 Å². The number of nitrogens with zero attached hydrogens (tertiary/aromatic N) is 1. The highest BCUT2D eigenvalue weighted by molar-refractivity contribution is 7.92. The standard InChI is InChI=1S/C5H11NO4S/c1-3-11(9,10)4-5(7)6(2)8/h8H,3-4H2,1-2H3. The van der Waals surface area contributed by atoms with E-state index in [9.17, 15) is 13.2 Å². The van der Waals surface area contributed by atoms with Gasteiger partial charge in [-0.15, -0.1) is 0 Å². The van der Waals surface area contributed by atoms with Crippen molar-refractivity contribution in [3.05, 3.63) is 0 Å². The lowest BCUT2D eigenvalue weighted by atomic mass is 10.7. The number of carbonyl (C=O) groups excluding carboxylic acids is 1. The van der Waals surface area contributed by atoms with Crippen LogP contribution in [0.1, 0.15) is 6.92 Å². The predicted octanol–water partition coefficient (Wildman–Crippen LogP) is -0.731. The number of hydrogen-bond donors (Lipinski definition) is 1. The quantitative estimate of drug-likeness (QED) is 0.460.